The third kappa shape index (κ3) is 4.49. The van der Waals surface area contributed by atoms with Gasteiger partial charge in [0.1, 0.15) is 27.2 Å². The van der Waals surface area contributed by atoms with E-state index in [1.54, 1.807) is 12.1 Å². The van der Waals surface area contributed by atoms with Gasteiger partial charge in [-0.2, -0.15) is 8.78 Å². The Hall–Kier alpha value is -2.08. The van der Waals surface area contributed by atoms with Gasteiger partial charge in [-0.15, -0.1) is 0 Å². The van der Waals surface area contributed by atoms with Gasteiger partial charge >= 0.3 is 17.9 Å². The average Bonchev–Trinajstić information content (AvgIpc) is 3.43. The Labute approximate surface area is 241 Å². The smallest absolute Gasteiger partial charge is 0.340 e. The highest BCUT2D eigenvalue weighted by atomic mass is 79.9. The van der Waals surface area contributed by atoms with Crippen LogP contribution in [0.25, 0.3) is 0 Å². The Balaban J connectivity index is 1.45. The molecule has 2 saturated carbocycles. The number of fused-ring (bicyclic) bond motifs is 1. The van der Waals surface area contributed by atoms with E-state index in [2.05, 4.69) is 52.5 Å². The monoisotopic (exact) mass is 763 g/mol. The van der Waals surface area contributed by atoms with Crippen molar-refractivity contribution in [2.24, 2.45) is 23.7 Å². The van der Waals surface area contributed by atoms with Crippen molar-refractivity contribution in [3.05, 3.63) is 54.4 Å². The number of hydrogen-bond acceptors (Lipinski definition) is 9. The second-order valence-corrected chi connectivity index (χ2v) is 12.9. The van der Waals surface area contributed by atoms with Crippen LogP contribution in [0.3, 0.4) is 0 Å². The third-order valence-electron chi connectivity index (χ3n) is 6.91. The van der Waals surface area contributed by atoms with Crippen LogP contribution in [-0.4, -0.2) is 43.1 Å². The van der Waals surface area contributed by atoms with Crippen molar-refractivity contribution < 1.29 is 59.1 Å². The molecule has 2 bridgehead atoms. The molecule has 3 aliphatic rings. The second kappa shape index (κ2) is 9.78. The highest BCUT2D eigenvalue weighted by molar-refractivity contribution is 9.11. The molecule has 9 nitrogen and oxygen atoms in total. The predicted molar refractivity (Wildman–Crippen MR) is 127 cm³/mol. The summed E-state index contributed by atoms with van der Waals surface area (Å²) in [6.07, 6.45) is -1.98. The molecular weight excluding hydrogens is 756 g/mol. The van der Waals surface area contributed by atoms with E-state index in [-0.39, 0.29) is 12.0 Å². The van der Waals surface area contributed by atoms with Crippen molar-refractivity contribution in [3.8, 4) is 5.75 Å². The zero-order valence-electron chi connectivity index (χ0n) is 18.6. The van der Waals surface area contributed by atoms with E-state index >= 15 is 0 Å². The van der Waals surface area contributed by atoms with Gasteiger partial charge < -0.3 is 18.8 Å². The van der Waals surface area contributed by atoms with Crippen molar-refractivity contribution in [1.82, 2.24) is 0 Å². The molecular formula is C22H10Br3F4O9S-. The highest BCUT2D eigenvalue weighted by Gasteiger charge is 2.70. The first-order chi connectivity index (χ1) is 18.1. The van der Waals surface area contributed by atoms with Crippen LogP contribution in [0.5, 0.6) is 5.75 Å². The summed E-state index contributed by atoms with van der Waals surface area (Å²) in [7, 11) is -5.98. The van der Waals surface area contributed by atoms with Gasteiger partial charge in [0, 0.05) is 25.3 Å². The van der Waals surface area contributed by atoms with E-state index in [9.17, 15) is 44.9 Å². The minimum atomic E-state index is -5.98. The average molecular weight is 766 g/mol. The Bertz CT molecular complexity index is 1530. The van der Waals surface area contributed by atoms with Gasteiger partial charge in [-0.05, 0) is 50.4 Å². The van der Waals surface area contributed by atoms with E-state index in [1.165, 1.54) is 0 Å². The summed E-state index contributed by atoms with van der Waals surface area (Å²) < 4.78 is 107. The molecule has 6 unspecified atom stereocenters. The first-order valence-electron chi connectivity index (χ1n) is 10.7. The molecule has 2 aromatic rings. The van der Waals surface area contributed by atoms with Gasteiger partial charge in [0.15, 0.2) is 11.6 Å². The Morgan fingerprint density at radius 3 is 2.08 bits per heavy atom. The molecule has 0 spiro atoms. The summed E-state index contributed by atoms with van der Waals surface area (Å²) in [6.45, 7) is 0. The van der Waals surface area contributed by atoms with Crippen LogP contribution in [0.1, 0.15) is 16.8 Å². The number of carbonyl (C=O) groups excluding carboxylic acids is 3. The lowest BCUT2D eigenvalue weighted by Crippen LogP contribution is -2.44. The molecule has 6 atom stereocenters. The lowest BCUT2D eigenvalue weighted by molar-refractivity contribution is -0.150. The van der Waals surface area contributed by atoms with Crippen molar-refractivity contribution in [3.63, 3.8) is 0 Å². The lowest BCUT2D eigenvalue weighted by atomic mass is 9.78. The molecule has 1 saturated heterocycles. The lowest BCUT2D eigenvalue weighted by Gasteiger charge is -2.30. The standard InChI is InChI=1S/C22H11Br3F4O9S/c23-4-1-7(24)11(8(25)2-4)22(32)37-17-6-3-5-9(20(30)36-16(5)17)10(6)21(31)38-18-12(26)14(28)19(39(33,34)35)15(29)13(18)27/h1-2,5-6,9-10,16-17H,3H2,(H,33,34,35)/p-1. The number of ether oxygens (including phenoxy) is 3. The number of benzene rings is 2. The van der Waals surface area contributed by atoms with Gasteiger partial charge in [0.25, 0.3) is 0 Å². The van der Waals surface area contributed by atoms with E-state index in [0.717, 1.165) is 0 Å². The fourth-order valence-electron chi connectivity index (χ4n) is 5.46. The molecule has 0 radical (unpaired) electrons. The molecule has 5 rings (SSSR count). The molecule has 2 aromatic carbocycles. The molecule has 39 heavy (non-hydrogen) atoms. The van der Waals surface area contributed by atoms with Crippen LogP contribution in [0, 0.1) is 46.9 Å². The number of rotatable bonds is 5. The maximum atomic E-state index is 14.4. The van der Waals surface area contributed by atoms with E-state index < -0.39 is 97.8 Å². The normalized spacial score (nSPS) is 27.0. The topological polar surface area (TPSA) is 136 Å². The van der Waals surface area contributed by atoms with Crippen molar-refractivity contribution in [1.29, 1.82) is 0 Å². The van der Waals surface area contributed by atoms with Crippen LogP contribution in [0.4, 0.5) is 17.6 Å². The summed E-state index contributed by atoms with van der Waals surface area (Å²) >= 11 is 9.75. The van der Waals surface area contributed by atoms with Gasteiger partial charge in [-0.25, -0.2) is 22.0 Å². The minimum Gasteiger partial charge on any atom is -0.744 e. The summed E-state index contributed by atoms with van der Waals surface area (Å²) in [5.74, 6) is -19.5. The van der Waals surface area contributed by atoms with Gasteiger partial charge in [-0.3, -0.25) is 9.59 Å². The minimum absolute atomic E-state index is 0.0736. The summed E-state index contributed by atoms with van der Waals surface area (Å²) in [4.78, 5) is 36.2. The number of esters is 3. The highest BCUT2D eigenvalue weighted by Crippen LogP contribution is 2.59. The molecule has 3 fully saturated rings. The molecule has 1 aliphatic heterocycles. The summed E-state index contributed by atoms with van der Waals surface area (Å²) in [5, 5.41) is 0. The molecule has 2 aliphatic carbocycles. The Morgan fingerprint density at radius 1 is 0.974 bits per heavy atom. The van der Waals surface area contributed by atoms with Crippen LogP contribution in [-0.2, 0) is 29.2 Å². The summed E-state index contributed by atoms with van der Waals surface area (Å²) in [6, 6.07) is 3.14. The fourth-order valence-corrected chi connectivity index (χ4v) is 8.66. The second-order valence-electron chi connectivity index (χ2n) is 8.92. The summed E-state index contributed by atoms with van der Waals surface area (Å²) in [5.41, 5.74) is 0.0736. The Kier molecular flexibility index (Phi) is 7.13. The third-order valence-corrected chi connectivity index (χ3v) is 9.47. The van der Waals surface area contributed by atoms with Gasteiger partial charge in [0.2, 0.25) is 17.4 Å². The van der Waals surface area contributed by atoms with Gasteiger partial charge in [-0.1, -0.05) is 15.9 Å². The quantitative estimate of drug-likeness (QED) is 0.143. The number of hydrogen-bond donors (Lipinski definition) is 0. The van der Waals surface area contributed by atoms with Crippen LogP contribution >= 0.6 is 47.8 Å². The van der Waals surface area contributed by atoms with E-state index in [1.807, 2.05) is 0 Å². The van der Waals surface area contributed by atoms with Crippen molar-refractivity contribution in [2.75, 3.05) is 0 Å². The van der Waals surface area contributed by atoms with Gasteiger partial charge in [0.05, 0.1) is 17.4 Å². The molecule has 208 valence electrons. The Morgan fingerprint density at radius 2 is 1.54 bits per heavy atom. The first-order valence-corrected chi connectivity index (χ1v) is 14.5. The fraction of sp³-hybridized carbons (Fsp3) is 0.318. The molecule has 0 aromatic heterocycles. The molecule has 17 heteroatoms. The predicted octanol–water partition coefficient (Wildman–Crippen LogP) is 4.37. The van der Waals surface area contributed by atoms with Crippen LogP contribution < -0.4 is 4.74 Å². The SMILES string of the molecule is O=C(OC1C2CC3C1OC(=O)C3C2C(=O)Oc1c(F)c(F)c(S(=O)(=O)[O-])c(F)c1F)c1c(Br)cc(Br)cc1Br. The van der Waals surface area contributed by atoms with E-state index in [0.29, 0.717) is 13.4 Å². The zero-order chi connectivity index (χ0) is 28.7. The van der Waals surface area contributed by atoms with Crippen LogP contribution in [0.15, 0.2) is 30.4 Å². The number of carbonyl (C=O) groups is 3. The number of halogens is 7. The van der Waals surface area contributed by atoms with Crippen molar-refractivity contribution in [2.45, 2.75) is 23.5 Å². The molecule has 0 N–H and O–H groups in total. The molecule has 1 heterocycles. The maximum absolute atomic E-state index is 14.4. The molecule has 0 amide bonds. The maximum Gasteiger partial charge on any atom is 0.340 e. The van der Waals surface area contributed by atoms with Crippen molar-refractivity contribution >= 4 is 75.8 Å². The first kappa shape index (κ1) is 28.4. The largest absolute Gasteiger partial charge is 0.744 e. The van der Waals surface area contributed by atoms with Crippen LogP contribution in [0.2, 0.25) is 0 Å². The van der Waals surface area contributed by atoms with E-state index in [4.69, 9.17) is 9.47 Å². The zero-order valence-corrected chi connectivity index (χ0v) is 24.1.